The van der Waals surface area contributed by atoms with Crippen LogP contribution in [-0.4, -0.2) is 42.2 Å². The summed E-state index contributed by atoms with van der Waals surface area (Å²) >= 11 is 0.800. The van der Waals surface area contributed by atoms with Gasteiger partial charge in [0.05, 0.1) is 5.69 Å². The van der Waals surface area contributed by atoms with Crippen molar-refractivity contribution in [1.29, 1.82) is 0 Å². The van der Waals surface area contributed by atoms with E-state index in [-0.39, 0.29) is 28.2 Å². The molecule has 0 radical (unpaired) electrons. The molecule has 0 saturated heterocycles. The second-order valence-electron chi connectivity index (χ2n) is 9.48. The van der Waals surface area contributed by atoms with Gasteiger partial charge in [-0.05, 0) is 60.6 Å². The Bertz CT molecular complexity index is 1300. The van der Waals surface area contributed by atoms with Crippen molar-refractivity contribution in [2.75, 3.05) is 29.6 Å². The molecule has 1 aliphatic rings. The highest BCUT2D eigenvalue weighted by Gasteiger charge is 2.37. The van der Waals surface area contributed by atoms with Gasteiger partial charge in [-0.2, -0.15) is 4.37 Å². The summed E-state index contributed by atoms with van der Waals surface area (Å²) < 4.78 is 4.01. The van der Waals surface area contributed by atoms with E-state index in [0.29, 0.717) is 11.3 Å². The molecule has 1 fully saturated rings. The van der Waals surface area contributed by atoms with Crippen LogP contribution in [0.25, 0.3) is 0 Å². The van der Waals surface area contributed by atoms with Crippen molar-refractivity contribution in [3.05, 3.63) is 70.2 Å². The fraction of sp³-hybridized carbons (Fsp3) is 0.333. The molecular weight excluding hydrogens is 488 g/mol. The molecule has 1 aliphatic carbocycles. The summed E-state index contributed by atoms with van der Waals surface area (Å²) in [7, 11) is 3.87. The van der Waals surface area contributed by atoms with E-state index in [4.69, 9.17) is 11.5 Å². The summed E-state index contributed by atoms with van der Waals surface area (Å²) in [6.07, 6.45) is 3.92. The van der Waals surface area contributed by atoms with Crippen LogP contribution in [0.2, 0.25) is 0 Å². The third-order valence-electron chi connectivity index (χ3n) is 6.68. The Morgan fingerprint density at radius 1 is 1.05 bits per heavy atom. The Kier molecular flexibility index (Phi) is 7.77. The van der Waals surface area contributed by atoms with Crippen LogP contribution < -0.4 is 26.6 Å². The van der Waals surface area contributed by atoms with Gasteiger partial charge in [0.2, 0.25) is 5.91 Å². The quantitative estimate of drug-likeness (QED) is 0.415. The first-order chi connectivity index (χ1) is 17.7. The van der Waals surface area contributed by atoms with Crippen LogP contribution >= 0.6 is 11.5 Å². The Morgan fingerprint density at radius 2 is 1.70 bits per heavy atom. The van der Waals surface area contributed by atoms with E-state index < -0.39 is 17.9 Å². The smallest absolute Gasteiger partial charge is 0.273 e. The van der Waals surface area contributed by atoms with Gasteiger partial charge in [0.15, 0.2) is 5.69 Å². The molecule has 0 unspecified atom stereocenters. The molecule has 1 heterocycles. The number of anilines is 3. The predicted molar refractivity (Wildman–Crippen MR) is 147 cm³/mol. The highest BCUT2D eigenvalue weighted by molar-refractivity contribution is 7.09. The summed E-state index contributed by atoms with van der Waals surface area (Å²) in [4.78, 5) is 43.4. The van der Waals surface area contributed by atoms with E-state index in [1.807, 2.05) is 68.4 Å². The lowest BCUT2D eigenvalue weighted by Gasteiger charge is -2.33. The SMILES string of the molecule is Cc1ccccc1N(C(=O)c1snc(C(N)=O)c1N)[C@H](C(=O)NC1CCCC1)c1ccc(N(C)C)cc1. The Labute approximate surface area is 220 Å². The number of benzene rings is 2. The summed E-state index contributed by atoms with van der Waals surface area (Å²) in [5, 5.41) is 3.17. The summed E-state index contributed by atoms with van der Waals surface area (Å²) in [6, 6.07) is 14.0. The fourth-order valence-electron chi connectivity index (χ4n) is 4.66. The van der Waals surface area contributed by atoms with Gasteiger partial charge < -0.3 is 21.7 Å². The summed E-state index contributed by atoms with van der Waals surface area (Å²) in [5.74, 6) is -1.62. The molecule has 1 saturated carbocycles. The van der Waals surface area contributed by atoms with Crippen molar-refractivity contribution in [1.82, 2.24) is 9.69 Å². The van der Waals surface area contributed by atoms with E-state index in [2.05, 4.69) is 9.69 Å². The molecular formula is C27H32N6O3S. The third-order valence-corrected chi connectivity index (χ3v) is 7.53. The number of nitrogens with one attached hydrogen (secondary N) is 1. The highest BCUT2D eigenvalue weighted by atomic mass is 32.1. The zero-order chi connectivity index (χ0) is 26.7. The van der Waals surface area contributed by atoms with E-state index in [9.17, 15) is 14.4 Å². The Balaban J connectivity index is 1.87. The average Bonchev–Trinajstić information content (AvgIpc) is 3.52. The van der Waals surface area contributed by atoms with Crippen molar-refractivity contribution in [2.24, 2.45) is 5.73 Å². The number of nitrogens with zero attached hydrogens (tertiary/aromatic N) is 3. The number of rotatable bonds is 8. The van der Waals surface area contributed by atoms with Crippen LogP contribution in [0.1, 0.15) is 63.0 Å². The first-order valence-electron chi connectivity index (χ1n) is 12.2. The lowest BCUT2D eigenvalue weighted by atomic mass is 10.00. The van der Waals surface area contributed by atoms with Crippen LogP contribution in [0, 0.1) is 6.92 Å². The van der Waals surface area contributed by atoms with Gasteiger partial charge in [-0.25, -0.2) is 0 Å². The molecule has 10 heteroatoms. The lowest BCUT2D eigenvalue weighted by molar-refractivity contribution is -0.123. The van der Waals surface area contributed by atoms with E-state index in [1.54, 1.807) is 6.07 Å². The minimum atomic E-state index is -0.982. The number of hydrogen-bond donors (Lipinski definition) is 3. The molecule has 37 heavy (non-hydrogen) atoms. The third kappa shape index (κ3) is 5.43. The number of para-hydroxylation sites is 1. The standard InChI is InChI=1S/C27H32N6O3S/c1-16-8-4-7-11-20(16)33(27(36)24-21(28)22(25(29)34)31-37-24)23(26(35)30-18-9-5-6-10-18)17-12-14-19(15-13-17)32(2)3/h4,7-8,11-15,18,23H,5-6,9-10,28H2,1-3H3,(H2,29,34)(H,30,35)/t23-/m0/s1. The number of nitrogens with two attached hydrogens (primary N) is 2. The molecule has 194 valence electrons. The Morgan fingerprint density at radius 3 is 2.27 bits per heavy atom. The van der Waals surface area contributed by atoms with E-state index in [0.717, 1.165) is 48.5 Å². The maximum atomic E-state index is 14.2. The molecule has 3 aromatic rings. The van der Waals surface area contributed by atoms with Gasteiger partial charge in [0.25, 0.3) is 11.8 Å². The van der Waals surface area contributed by atoms with Gasteiger partial charge >= 0.3 is 0 Å². The second kappa shape index (κ2) is 11.0. The van der Waals surface area contributed by atoms with Gasteiger partial charge in [-0.15, -0.1) is 0 Å². The number of carbonyl (C=O) groups is 3. The monoisotopic (exact) mass is 520 g/mol. The summed E-state index contributed by atoms with van der Waals surface area (Å²) in [6.45, 7) is 1.88. The zero-order valence-electron chi connectivity index (χ0n) is 21.2. The minimum absolute atomic E-state index is 0.0554. The number of nitrogen functional groups attached to an aromatic ring is 1. The number of hydrogen-bond acceptors (Lipinski definition) is 7. The van der Waals surface area contributed by atoms with Crippen molar-refractivity contribution in [3.8, 4) is 0 Å². The molecule has 4 rings (SSSR count). The largest absolute Gasteiger partial charge is 0.395 e. The lowest BCUT2D eigenvalue weighted by Crippen LogP contribution is -2.46. The van der Waals surface area contributed by atoms with Crippen LogP contribution in [-0.2, 0) is 4.79 Å². The number of primary amides is 1. The molecule has 2 aromatic carbocycles. The molecule has 3 amide bonds. The first-order valence-corrected chi connectivity index (χ1v) is 13.0. The minimum Gasteiger partial charge on any atom is -0.395 e. The molecule has 9 nitrogen and oxygen atoms in total. The number of aromatic nitrogens is 1. The number of amides is 3. The maximum absolute atomic E-state index is 14.2. The van der Waals surface area contributed by atoms with Crippen LogP contribution in [0.5, 0.6) is 0 Å². The maximum Gasteiger partial charge on any atom is 0.273 e. The van der Waals surface area contributed by atoms with Crippen molar-refractivity contribution >= 4 is 46.3 Å². The zero-order valence-corrected chi connectivity index (χ0v) is 22.0. The van der Waals surface area contributed by atoms with Crippen molar-refractivity contribution < 1.29 is 14.4 Å². The molecule has 1 aromatic heterocycles. The molecule has 5 N–H and O–H groups in total. The topological polar surface area (TPSA) is 135 Å². The second-order valence-corrected chi connectivity index (χ2v) is 10.3. The van der Waals surface area contributed by atoms with Crippen molar-refractivity contribution in [2.45, 2.75) is 44.7 Å². The normalized spacial score (nSPS) is 14.2. The van der Waals surface area contributed by atoms with Gasteiger partial charge in [0, 0.05) is 31.5 Å². The highest BCUT2D eigenvalue weighted by Crippen LogP contribution is 2.35. The van der Waals surface area contributed by atoms with Crippen LogP contribution in [0.3, 0.4) is 0 Å². The Hall–Kier alpha value is -3.92. The summed E-state index contributed by atoms with van der Waals surface area (Å²) in [5.41, 5.74) is 14.3. The average molecular weight is 521 g/mol. The van der Waals surface area contributed by atoms with Crippen LogP contribution in [0.15, 0.2) is 48.5 Å². The number of aryl methyl sites for hydroxylation is 1. The van der Waals surface area contributed by atoms with Crippen LogP contribution in [0.4, 0.5) is 17.1 Å². The molecule has 1 atom stereocenters. The molecule has 0 bridgehead atoms. The van der Waals surface area contributed by atoms with Gasteiger partial charge in [-0.3, -0.25) is 19.3 Å². The van der Waals surface area contributed by atoms with Gasteiger partial charge in [0.1, 0.15) is 10.9 Å². The van der Waals surface area contributed by atoms with Crippen molar-refractivity contribution in [3.63, 3.8) is 0 Å². The fourth-order valence-corrected chi connectivity index (χ4v) is 5.40. The molecule has 0 spiro atoms. The van der Waals surface area contributed by atoms with Gasteiger partial charge in [-0.1, -0.05) is 43.2 Å². The van der Waals surface area contributed by atoms with E-state index in [1.165, 1.54) is 4.90 Å². The first kappa shape index (κ1) is 26.2. The van der Waals surface area contributed by atoms with E-state index >= 15 is 0 Å². The molecule has 0 aliphatic heterocycles. The predicted octanol–water partition coefficient (Wildman–Crippen LogP) is 3.65. The number of carbonyl (C=O) groups excluding carboxylic acids is 3.